The van der Waals surface area contributed by atoms with Crippen LogP contribution in [0.3, 0.4) is 0 Å². The van der Waals surface area contributed by atoms with E-state index in [2.05, 4.69) is 0 Å². The molecule has 8 aromatic carbocycles. The summed E-state index contributed by atoms with van der Waals surface area (Å²) in [6, 6.07) is 39.4. The average molecular weight is 877 g/mol. The molecule has 8 N–H and O–H groups in total. The molecule has 0 radical (unpaired) electrons. The Balaban J connectivity index is 1.55. The maximum absolute atomic E-state index is 15.8. The van der Waals surface area contributed by atoms with E-state index in [9.17, 15) is 0 Å². The van der Waals surface area contributed by atoms with Crippen LogP contribution in [0.2, 0.25) is 0 Å². The highest BCUT2D eigenvalue weighted by Crippen LogP contribution is 2.70. The van der Waals surface area contributed by atoms with Crippen molar-refractivity contribution in [1.82, 2.24) is 0 Å². The Morgan fingerprint density at radius 1 is 0.400 bits per heavy atom. The van der Waals surface area contributed by atoms with Gasteiger partial charge in [0.1, 0.15) is 11.5 Å². The van der Waals surface area contributed by atoms with Crippen LogP contribution in [-0.4, -0.2) is 14.2 Å². The number of nitrogens with two attached hydrogens (primary N) is 4. The number of methoxy groups -OCH3 is 2. The highest BCUT2D eigenvalue weighted by molar-refractivity contribution is 6.15. The number of alkyl halides is 6. The van der Waals surface area contributed by atoms with E-state index < -0.39 is 28.9 Å². The summed E-state index contributed by atoms with van der Waals surface area (Å²) in [5.74, 6) is 0.999. The van der Waals surface area contributed by atoms with Gasteiger partial charge >= 0.3 is 12.4 Å². The summed E-state index contributed by atoms with van der Waals surface area (Å²) in [5, 5.41) is 0. The summed E-state index contributed by atoms with van der Waals surface area (Å²) >= 11 is 0. The van der Waals surface area contributed by atoms with E-state index in [-0.39, 0.29) is 61.7 Å². The lowest BCUT2D eigenvalue weighted by Crippen LogP contribution is -2.27. The minimum absolute atomic E-state index is 0.0299. The second kappa shape index (κ2) is 14.6. The van der Waals surface area contributed by atoms with E-state index in [1.54, 1.807) is 42.5 Å². The zero-order chi connectivity index (χ0) is 45.7. The van der Waals surface area contributed by atoms with Gasteiger partial charge in [0, 0.05) is 39.4 Å². The molecule has 2 aliphatic carbocycles. The molecule has 10 rings (SSSR count). The predicted octanol–water partition coefficient (Wildman–Crippen LogP) is 13.1. The molecule has 8 aromatic rings. The molecule has 2 aliphatic rings. The van der Waals surface area contributed by atoms with Crippen molar-refractivity contribution in [1.29, 1.82) is 0 Å². The third-order valence-corrected chi connectivity index (χ3v) is 12.7. The van der Waals surface area contributed by atoms with Gasteiger partial charge in [-0.1, -0.05) is 84.9 Å². The molecule has 0 aromatic heterocycles. The molecule has 0 saturated heterocycles. The van der Waals surface area contributed by atoms with Crippen molar-refractivity contribution < 1.29 is 35.8 Å². The Morgan fingerprint density at radius 2 is 0.877 bits per heavy atom. The number of benzene rings is 8. The van der Waals surface area contributed by atoms with Gasteiger partial charge in [0.25, 0.3) is 0 Å². The number of hydrogen-bond donors (Lipinski definition) is 4. The Kier molecular flexibility index (Phi) is 9.24. The highest BCUT2D eigenvalue weighted by atomic mass is 19.4. The smallest absolute Gasteiger partial charge is 0.417 e. The molecule has 1 spiro atoms. The van der Waals surface area contributed by atoms with Crippen molar-refractivity contribution in [3.63, 3.8) is 0 Å². The predicted molar refractivity (Wildman–Crippen MR) is 245 cm³/mol. The summed E-state index contributed by atoms with van der Waals surface area (Å²) in [5.41, 5.74) is 28.7. The molecule has 65 heavy (non-hydrogen) atoms. The Labute approximate surface area is 369 Å². The molecule has 0 aliphatic heterocycles. The fourth-order valence-corrected chi connectivity index (χ4v) is 10.2. The first-order valence-electron chi connectivity index (χ1n) is 20.4. The van der Waals surface area contributed by atoms with Crippen LogP contribution in [0, 0.1) is 0 Å². The van der Waals surface area contributed by atoms with E-state index in [0.29, 0.717) is 39.3 Å². The molecular weight excluding hydrogens is 839 g/mol. The number of hydrogen-bond acceptors (Lipinski definition) is 6. The molecule has 0 amide bonds. The van der Waals surface area contributed by atoms with Crippen LogP contribution in [0.5, 0.6) is 11.5 Å². The Bertz CT molecular complexity index is 3210. The lowest BCUT2D eigenvalue weighted by Gasteiger charge is -2.34. The minimum atomic E-state index is -4.96. The summed E-state index contributed by atoms with van der Waals surface area (Å²) in [6.07, 6.45) is -9.88. The molecule has 0 saturated carbocycles. The van der Waals surface area contributed by atoms with Gasteiger partial charge in [-0.25, -0.2) is 0 Å². The van der Waals surface area contributed by atoms with Gasteiger partial charge in [-0.2, -0.15) is 26.3 Å². The molecule has 0 unspecified atom stereocenters. The number of anilines is 4. The standard InChI is InChI=1S/C53H38F6N4O2/c1-64-32-17-11-27(12-18-32)44-47(37-22-16-30(61)25-42(37)53(57,58)59)48-46-38(36-21-15-29(60)24-41(36)52(54,55)56)23-31(62)26-43(46)51(39-9-5-3-7-34(39)35-8-4-6-10-40(35)51)49(48)45(50(44)63)28-13-19-33(65-2)20-14-28/h3-26H,60-63H2,1-2H3. The van der Waals surface area contributed by atoms with Gasteiger partial charge < -0.3 is 32.4 Å². The van der Waals surface area contributed by atoms with Crippen LogP contribution in [0.15, 0.2) is 146 Å². The summed E-state index contributed by atoms with van der Waals surface area (Å²) in [4.78, 5) is 0. The summed E-state index contributed by atoms with van der Waals surface area (Å²) in [7, 11) is 3.02. The number of halogens is 6. The normalized spacial score (nSPS) is 13.3. The first kappa shape index (κ1) is 41.2. The zero-order valence-electron chi connectivity index (χ0n) is 34.8. The molecule has 0 atom stereocenters. The molecule has 0 fully saturated rings. The van der Waals surface area contributed by atoms with Crippen LogP contribution in [-0.2, 0) is 17.8 Å². The third kappa shape index (κ3) is 6.11. The SMILES string of the molecule is COc1ccc(-c2c(N)c(-c3ccc(OC)cc3)c3c(c2-c2ccc(N)cc2C(F)(F)F)-c2c(-c4ccc(N)cc4C(F)(F)F)cc(N)cc2C32c3ccccc3-c3ccccc32)cc1. The van der Waals surface area contributed by atoms with Gasteiger partial charge in [0.05, 0.1) is 30.8 Å². The van der Waals surface area contributed by atoms with E-state index >= 15 is 26.3 Å². The number of rotatable bonds is 6. The lowest BCUT2D eigenvalue weighted by atomic mass is 9.67. The van der Waals surface area contributed by atoms with Gasteiger partial charge in [-0.15, -0.1) is 0 Å². The van der Waals surface area contributed by atoms with Crippen LogP contribution >= 0.6 is 0 Å². The first-order valence-corrected chi connectivity index (χ1v) is 20.4. The maximum Gasteiger partial charge on any atom is 0.417 e. The second-order valence-corrected chi connectivity index (χ2v) is 16.2. The number of fused-ring (bicyclic) bond motifs is 10. The highest BCUT2D eigenvalue weighted by Gasteiger charge is 2.56. The van der Waals surface area contributed by atoms with E-state index in [0.717, 1.165) is 34.4 Å². The number of nitrogen functional groups attached to an aromatic ring is 4. The van der Waals surface area contributed by atoms with E-state index in [1.165, 1.54) is 44.6 Å². The van der Waals surface area contributed by atoms with Crippen LogP contribution in [0.4, 0.5) is 49.1 Å². The first-order chi connectivity index (χ1) is 31.1. The van der Waals surface area contributed by atoms with Crippen LogP contribution < -0.4 is 32.4 Å². The van der Waals surface area contributed by atoms with Gasteiger partial charge in [0.2, 0.25) is 0 Å². The number of ether oxygens (including phenoxy) is 2. The molecule has 12 heteroatoms. The average Bonchev–Trinajstić information content (AvgIpc) is 3.75. The van der Waals surface area contributed by atoms with Crippen molar-refractivity contribution in [2.24, 2.45) is 0 Å². The molecule has 0 bridgehead atoms. The fourth-order valence-electron chi connectivity index (χ4n) is 10.2. The summed E-state index contributed by atoms with van der Waals surface area (Å²) < 4.78 is 105. The van der Waals surface area contributed by atoms with Crippen LogP contribution in [0.1, 0.15) is 33.4 Å². The zero-order valence-corrected chi connectivity index (χ0v) is 34.8. The van der Waals surface area contributed by atoms with Gasteiger partial charge in [-0.05, 0) is 133 Å². The van der Waals surface area contributed by atoms with Crippen molar-refractivity contribution in [3.05, 3.63) is 179 Å². The van der Waals surface area contributed by atoms with E-state index in [1.807, 2.05) is 60.7 Å². The minimum Gasteiger partial charge on any atom is -0.497 e. The second-order valence-electron chi connectivity index (χ2n) is 16.2. The Hall–Kier alpha value is -7.86. The van der Waals surface area contributed by atoms with Gasteiger partial charge in [-0.3, -0.25) is 0 Å². The maximum atomic E-state index is 15.8. The monoisotopic (exact) mass is 876 g/mol. The molecule has 0 heterocycles. The molecule has 324 valence electrons. The molecular formula is C53H38F6N4O2. The quantitative estimate of drug-likeness (QED) is 0.0975. The van der Waals surface area contributed by atoms with Crippen molar-refractivity contribution in [2.75, 3.05) is 37.2 Å². The Morgan fingerprint density at radius 3 is 1.38 bits per heavy atom. The fraction of sp³-hybridized carbons (Fsp3) is 0.0943. The topological polar surface area (TPSA) is 123 Å². The lowest BCUT2D eigenvalue weighted by molar-refractivity contribution is -0.137. The van der Waals surface area contributed by atoms with Crippen molar-refractivity contribution >= 4 is 22.7 Å². The third-order valence-electron chi connectivity index (χ3n) is 12.7. The van der Waals surface area contributed by atoms with Crippen molar-refractivity contribution in [2.45, 2.75) is 17.8 Å². The summed E-state index contributed by atoms with van der Waals surface area (Å²) in [6.45, 7) is 0. The largest absolute Gasteiger partial charge is 0.497 e. The van der Waals surface area contributed by atoms with Crippen LogP contribution in [0.25, 0.3) is 66.8 Å². The van der Waals surface area contributed by atoms with Crippen molar-refractivity contribution in [3.8, 4) is 78.3 Å². The molecule has 6 nitrogen and oxygen atoms in total. The van der Waals surface area contributed by atoms with Gasteiger partial charge in [0.15, 0.2) is 0 Å². The van der Waals surface area contributed by atoms with E-state index in [4.69, 9.17) is 32.4 Å².